The molecule has 0 radical (unpaired) electrons. The SMILES string of the molecule is CCC1(CC)CN(Cc2cccc(F)c2Br)CCN1. The average molecular weight is 329 g/mol. The van der Waals surface area contributed by atoms with Crippen molar-refractivity contribution in [3.8, 4) is 0 Å². The highest BCUT2D eigenvalue weighted by atomic mass is 79.9. The Morgan fingerprint density at radius 3 is 2.79 bits per heavy atom. The van der Waals surface area contributed by atoms with Crippen molar-refractivity contribution in [3.05, 3.63) is 34.1 Å². The molecular weight excluding hydrogens is 307 g/mol. The minimum atomic E-state index is -0.176. The number of halogens is 2. The van der Waals surface area contributed by atoms with E-state index in [0.29, 0.717) is 4.47 Å². The van der Waals surface area contributed by atoms with Gasteiger partial charge in [0, 0.05) is 31.7 Å². The minimum absolute atomic E-state index is 0.176. The fraction of sp³-hybridized carbons (Fsp3) is 0.600. The van der Waals surface area contributed by atoms with Crippen LogP contribution in [0, 0.1) is 5.82 Å². The molecule has 1 saturated heterocycles. The highest BCUT2D eigenvalue weighted by Crippen LogP contribution is 2.25. The first-order valence-corrected chi connectivity index (χ1v) is 7.80. The van der Waals surface area contributed by atoms with E-state index in [1.54, 1.807) is 6.07 Å². The van der Waals surface area contributed by atoms with Gasteiger partial charge in [-0.3, -0.25) is 4.90 Å². The van der Waals surface area contributed by atoms with Crippen molar-refractivity contribution in [2.24, 2.45) is 0 Å². The number of hydrogen-bond acceptors (Lipinski definition) is 2. The van der Waals surface area contributed by atoms with Crippen LogP contribution < -0.4 is 5.32 Å². The van der Waals surface area contributed by atoms with E-state index in [2.05, 4.69) is 40.0 Å². The lowest BCUT2D eigenvalue weighted by atomic mass is 9.90. The first-order valence-electron chi connectivity index (χ1n) is 7.00. The standard InChI is InChI=1S/C15H22BrFN2/c1-3-15(4-2)11-19(9-8-18-15)10-12-6-5-7-13(17)14(12)16/h5-7,18H,3-4,8-11H2,1-2H3. The van der Waals surface area contributed by atoms with Crippen LogP contribution in [0.2, 0.25) is 0 Å². The normalized spacial score (nSPS) is 19.6. The lowest BCUT2D eigenvalue weighted by molar-refractivity contribution is 0.118. The predicted molar refractivity (Wildman–Crippen MR) is 80.7 cm³/mol. The minimum Gasteiger partial charge on any atom is -0.309 e. The number of hydrogen-bond donors (Lipinski definition) is 1. The molecule has 1 fully saturated rings. The molecule has 1 heterocycles. The van der Waals surface area contributed by atoms with Crippen LogP contribution in [0.25, 0.3) is 0 Å². The second-order valence-corrected chi connectivity index (χ2v) is 6.13. The van der Waals surface area contributed by atoms with Crippen molar-refractivity contribution < 1.29 is 4.39 Å². The van der Waals surface area contributed by atoms with Gasteiger partial charge in [-0.15, -0.1) is 0 Å². The Balaban J connectivity index is 2.09. The van der Waals surface area contributed by atoms with Crippen LogP contribution in [0.1, 0.15) is 32.3 Å². The third kappa shape index (κ3) is 3.36. The van der Waals surface area contributed by atoms with Gasteiger partial charge in [-0.05, 0) is 40.4 Å². The van der Waals surface area contributed by atoms with Crippen molar-refractivity contribution in [2.75, 3.05) is 19.6 Å². The second-order valence-electron chi connectivity index (χ2n) is 5.34. The van der Waals surface area contributed by atoms with Crippen LogP contribution >= 0.6 is 15.9 Å². The van der Waals surface area contributed by atoms with Gasteiger partial charge in [-0.1, -0.05) is 26.0 Å². The molecule has 0 aromatic heterocycles. The highest BCUT2D eigenvalue weighted by Gasteiger charge is 2.31. The maximum atomic E-state index is 13.5. The van der Waals surface area contributed by atoms with E-state index in [1.165, 1.54) is 6.07 Å². The largest absolute Gasteiger partial charge is 0.309 e. The summed E-state index contributed by atoms with van der Waals surface area (Å²) in [7, 11) is 0. The Morgan fingerprint density at radius 2 is 2.11 bits per heavy atom. The summed E-state index contributed by atoms with van der Waals surface area (Å²) in [5, 5.41) is 3.65. The smallest absolute Gasteiger partial charge is 0.137 e. The maximum absolute atomic E-state index is 13.5. The van der Waals surface area contributed by atoms with Crippen LogP contribution in [0.3, 0.4) is 0 Å². The fourth-order valence-electron chi connectivity index (χ4n) is 2.81. The summed E-state index contributed by atoms with van der Waals surface area (Å²) in [6.07, 6.45) is 2.26. The Bertz CT molecular complexity index is 432. The van der Waals surface area contributed by atoms with E-state index in [-0.39, 0.29) is 11.4 Å². The van der Waals surface area contributed by atoms with E-state index in [4.69, 9.17) is 0 Å². The maximum Gasteiger partial charge on any atom is 0.137 e. The van der Waals surface area contributed by atoms with E-state index in [0.717, 1.165) is 44.6 Å². The first-order chi connectivity index (χ1) is 9.10. The summed E-state index contributed by atoms with van der Waals surface area (Å²) < 4.78 is 14.1. The molecular formula is C15H22BrFN2. The predicted octanol–water partition coefficient (Wildman–Crippen LogP) is 3.55. The number of nitrogens with one attached hydrogen (secondary N) is 1. The summed E-state index contributed by atoms with van der Waals surface area (Å²) in [6, 6.07) is 5.27. The molecule has 1 aliphatic heterocycles. The van der Waals surface area contributed by atoms with Gasteiger partial charge in [0.15, 0.2) is 0 Å². The zero-order chi connectivity index (χ0) is 13.9. The molecule has 2 rings (SSSR count). The molecule has 1 aromatic carbocycles. The summed E-state index contributed by atoms with van der Waals surface area (Å²) in [6.45, 7) is 8.33. The van der Waals surface area contributed by atoms with Crippen molar-refractivity contribution >= 4 is 15.9 Å². The third-order valence-electron chi connectivity index (χ3n) is 4.23. The van der Waals surface area contributed by atoms with Crippen LogP contribution in [-0.2, 0) is 6.54 Å². The zero-order valence-corrected chi connectivity index (χ0v) is 13.3. The van der Waals surface area contributed by atoms with Gasteiger partial charge in [0.25, 0.3) is 0 Å². The molecule has 0 aliphatic carbocycles. The molecule has 0 unspecified atom stereocenters. The summed E-state index contributed by atoms with van der Waals surface area (Å²) in [4.78, 5) is 2.42. The number of nitrogens with zero attached hydrogens (tertiary/aromatic N) is 1. The third-order valence-corrected chi connectivity index (χ3v) is 5.12. The molecule has 1 aliphatic rings. The monoisotopic (exact) mass is 328 g/mol. The zero-order valence-electron chi connectivity index (χ0n) is 11.7. The Kier molecular flexibility index (Phi) is 4.98. The topological polar surface area (TPSA) is 15.3 Å². The molecule has 0 bridgehead atoms. The van der Waals surface area contributed by atoms with Gasteiger partial charge < -0.3 is 5.32 Å². The van der Waals surface area contributed by atoms with Crippen molar-refractivity contribution in [3.63, 3.8) is 0 Å². The second kappa shape index (κ2) is 6.33. The van der Waals surface area contributed by atoms with Crippen LogP contribution in [0.5, 0.6) is 0 Å². The number of piperazine rings is 1. The van der Waals surface area contributed by atoms with E-state index >= 15 is 0 Å². The van der Waals surface area contributed by atoms with E-state index in [1.807, 2.05) is 6.07 Å². The van der Waals surface area contributed by atoms with Gasteiger partial charge in [0.05, 0.1) is 4.47 Å². The van der Waals surface area contributed by atoms with Crippen molar-refractivity contribution in [2.45, 2.75) is 38.8 Å². The average Bonchev–Trinajstić information content (AvgIpc) is 2.44. The molecule has 1 aromatic rings. The van der Waals surface area contributed by atoms with Gasteiger partial charge in [-0.25, -0.2) is 4.39 Å². The van der Waals surface area contributed by atoms with Gasteiger partial charge in [0.1, 0.15) is 5.82 Å². The summed E-state index contributed by atoms with van der Waals surface area (Å²) in [5.74, 6) is -0.176. The number of rotatable bonds is 4. The molecule has 2 nitrogen and oxygen atoms in total. The molecule has 0 spiro atoms. The molecule has 4 heteroatoms. The van der Waals surface area contributed by atoms with Crippen molar-refractivity contribution in [1.29, 1.82) is 0 Å². The van der Waals surface area contributed by atoms with E-state index < -0.39 is 0 Å². The van der Waals surface area contributed by atoms with Gasteiger partial charge >= 0.3 is 0 Å². The van der Waals surface area contributed by atoms with Crippen LogP contribution in [-0.4, -0.2) is 30.1 Å². The summed E-state index contributed by atoms with van der Waals surface area (Å²) >= 11 is 3.35. The Labute approximate surface area is 123 Å². The van der Waals surface area contributed by atoms with Gasteiger partial charge in [-0.2, -0.15) is 0 Å². The van der Waals surface area contributed by atoms with Crippen LogP contribution in [0.4, 0.5) is 4.39 Å². The van der Waals surface area contributed by atoms with E-state index in [9.17, 15) is 4.39 Å². The molecule has 1 N–H and O–H groups in total. The van der Waals surface area contributed by atoms with Gasteiger partial charge in [0.2, 0.25) is 0 Å². The quantitative estimate of drug-likeness (QED) is 0.909. The molecule has 19 heavy (non-hydrogen) atoms. The first kappa shape index (κ1) is 14.9. The fourth-order valence-corrected chi connectivity index (χ4v) is 3.20. The molecule has 0 amide bonds. The highest BCUT2D eigenvalue weighted by molar-refractivity contribution is 9.10. The Morgan fingerprint density at radius 1 is 1.37 bits per heavy atom. The lowest BCUT2D eigenvalue weighted by Gasteiger charge is -2.43. The van der Waals surface area contributed by atoms with Crippen molar-refractivity contribution in [1.82, 2.24) is 10.2 Å². The molecule has 0 atom stereocenters. The molecule has 0 saturated carbocycles. The number of benzene rings is 1. The Hall–Kier alpha value is -0.450. The van der Waals surface area contributed by atoms with Crippen LogP contribution in [0.15, 0.2) is 22.7 Å². The lowest BCUT2D eigenvalue weighted by Crippen LogP contribution is -2.59. The summed E-state index contributed by atoms with van der Waals surface area (Å²) in [5.41, 5.74) is 1.25. The molecule has 106 valence electrons.